The summed E-state index contributed by atoms with van der Waals surface area (Å²) < 4.78 is 0. The van der Waals surface area contributed by atoms with Crippen LogP contribution in [0.2, 0.25) is 0 Å². The van der Waals surface area contributed by atoms with E-state index in [-0.39, 0.29) is 0 Å². The third-order valence-corrected chi connectivity index (χ3v) is 5.89. The Kier molecular flexibility index (Phi) is 2.64. The lowest BCUT2D eigenvalue weighted by Gasteiger charge is -2.44. The number of nitrogens with two attached hydrogens (primary N) is 1. The normalized spacial score (nSPS) is 35.6. The molecule has 0 radical (unpaired) electrons. The van der Waals surface area contributed by atoms with Crippen LogP contribution in [0.3, 0.4) is 0 Å². The summed E-state index contributed by atoms with van der Waals surface area (Å²) in [6.07, 6.45) is 4.11. The molecular formula is C17H26N2. The molecule has 0 saturated heterocycles. The summed E-state index contributed by atoms with van der Waals surface area (Å²) in [5.74, 6) is 0.862. The van der Waals surface area contributed by atoms with E-state index in [1.807, 2.05) is 0 Å². The van der Waals surface area contributed by atoms with E-state index in [1.54, 1.807) is 0 Å². The first-order valence-electron chi connectivity index (χ1n) is 7.46. The third-order valence-electron chi connectivity index (χ3n) is 5.89. The van der Waals surface area contributed by atoms with Gasteiger partial charge in [0.25, 0.3) is 0 Å². The number of anilines is 2. The summed E-state index contributed by atoms with van der Waals surface area (Å²) >= 11 is 0. The second kappa shape index (κ2) is 3.91. The van der Waals surface area contributed by atoms with Crippen molar-refractivity contribution in [3.8, 4) is 0 Å². The van der Waals surface area contributed by atoms with Crippen LogP contribution in [0.5, 0.6) is 0 Å². The van der Waals surface area contributed by atoms with E-state index in [9.17, 15) is 0 Å². The van der Waals surface area contributed by atoms with Gasteiger partial charge in [-0.05, 0) is 54.6 Å². The maximum absolute atomic E-state index is 6.23. The van der Waals surface area contributed by atoms with Gasteiger partial charge in [-0.2, -0.15) is 0 Å². The predicted molar refractivity (Wildman–Crippen MR) is 82.2 cm³/mol. The largest absolute Gasteiger partial charge is 0.397 e. The Morgan fingerprint density at radius 3 is 2.63 bits per heavy atom. The van der Waals surface area contributed by atoms with Gasteiger partial charge < -0.3 is 11.1 Å². The van der Waals surface area contributed by atoms with E-state index in [1.165, 1.54) is 19.3 Å². The molecule has 2 heteroatoms. The van der Waals surface area contributed by atoms with Crippen molar-refractivity contribution in [3.05, 3.63) is 23.8 Å². The topological polar surface area (TPSA) is 38.0 Å². The fourth-order valence-electron chi connectivity index (χ4n) is 4.62. The van der Waals surface area contributed by atoms with Crippen LogP contribution < -0.4 is 11.1 Å². The molecule has 3 atom stereocenters. The third kappa shape index (κ3) is 1.76. The molecule has 0 heterocycles. The van der Waals surface area contributed by atoms with E-state index in [0.717, 1.165) is 22.9 Å². The molecule has 0 amide bonds. The minimum absolute atomic E-state index is 0.364. The number of nitrogen functional groups attached to an aromatic ring is 1. The second-order valence-corrected chi connectivity index (χ2v) is 7.53. The molecule has 2 fully saturated rings. The molecule has 0 spiro atoms. The molecule has 2 bridgehead atoms. The minimum atomic E-state index is 0.364. The summed E-state index contributed by atoms with van der Waals surface area (Å²) in [6, 6.07) is 6.82. The number of hydrogen-bond donors (Lipinski definition) is 2. The van der Waals surface area contributed by atoms with Crippen LogP contribution >= 0.6 is 0 Å². The van der Waals surface area contributed by atoms with Gasteiger partial charge in [-0.15, -0.1) is 0 Å². The van der Waals surface area contributed by atoms with E-state index >= 15 is 0 Å². The summed E-state index contributed by atoms with van der Waals surface area (Å²) in [7, 11) is 0. The van der Waals surface area contributed by atoms with Crippen LogP contribution in [0.4, 0.5) is 11.4 Å². The quantitative estimate of drug-likeness (QED) is 0.780. The van der Waals surface area contributed by atoms with Gasteiger partial charge in [-0.25, -0.2) is 0 Å². The average Bonchev–Trinajstić information content (AvgIpc) is 2.81. The number of para-hydroxylation sites is 1. The molecule has 3 N–H and O–H groups in total. The molecule has 0 aromatic heterocycles. The van der Waals surface area contributed by atoms with Crippen LogP contribution in [-0.2, 0) is 0 Å². The van der Waals surface area contributed by atoms with Gasteiger partial charge in [0.15, 0.2) is 0 Å². The van der Waals surface area contributed by atoms with Crippen LogP contribution in [0.15, 0.2) is 18.2 Å². The molecule has 2 nitrogen and oxygen atoms in total. The smallest absolute Gasteiger partial charge is 0.0579 e. The maximum atomic E-state index is 6.23. The van der Waals surface area contributed by atoms with E-state index < -0.39 is 0 Å². The molecule has 104 valence electrons. The van der Waals surface area contributed by atoms with E-state index in [0.29, 0.717) is 16.9 Å². The van der Waals surface area contributed by atoms with Crippen LogP contribution in [0.25, 0.3) is 0 Å². The first-order chi connectivity index (χ1) is 8.84. The first kappa shape index (κ1) is 12.8. The Labute approximate surface area is 116 Å². The number of hydrogen-bond acceptors (Lipinski definition) is 2. The molecule has 3 rings (SSSR count). The van der Waals surface area contributed by atoms with Gasteiger partial charge in [0.2, 0.25) is 0 Å². The van der Waals surface area contributed by atoms with Crippen molar-refractivity contribution in [1.29, 1.82) is 0 Å². The number of benzene rings is 1. The van der Waals surface area contributed by atoms with Crippen LogP contribution in [0.1, 0.15) is 45.6 Å². The fraction of sp³-hybridized carbons (Fsp3) is 0.647. The molecule has 2 saturated carbocycles. The highest BCUT2D eigenvalue weighted by molar-refractivity contribution is 5.70. The number of nitrogens with one attached hydrogen (secondary N) is 1. The van der Waals surface area contributed by atoms with Crippen LogP contribution in [-0.4, -0.2) is 6.04 Å². The highest BCUT2D eigenvalue weighted by atomic mass is 15.0. The van der Waals surface area contributed by atoms with Crippen molar-refractivity contribution in [2.24, 2.45) is 16.7 Å². The summed E-state index contributed by atoms with van der Waals surface area (Å²) in [6.45, 7) is 9.37. The van der Waals surface area contributed by atoms with E-state index in [4.69, 9.17) is 5.73 Å². The molecule has 1 aromatic rings. The minimum Gasteiger partial charge on any atom is -0.397 e. The zero-order valence-corrected chi connectivity index (χ0v) is 12.6. The summed E-state index contributed by atoms with van der Waals surface area (Å²) in [5, 5.41) is 3.79. The lowest BCUT2D eigenvalue weighted by molar-refractivity contribution is 0.155. The molecule has 19 heavy (non-hydrogen) atoms. The van der Waals surface area contributed by atoms with Gasteiger partial charge in [0.05, 0.1) is 11.4 Å². The fourth-order valence-corrected chi connectivity index (χ4v) is 4.62. The zero-order valence-electron chi connectivity index (χ0n) is 12.6. The second-order valence-electron chi connectivity index (χ2n) is 7.53. The van der Waals surface area contributed by atoms with Gasteiger partial charge in [0, 0.05) is 6.04 Å². The van der Waals surface area contributed by atoms with Crippen molar-refractivity contribution < 1.29 is 0 Å². The Morgan fingerprint density at radius 2 is 2.00 bits per heavy atom. The van der Waals surface area contributed by atoms with Gasteiger partial charge >= 0.3 is 0 Å². The number of rotatable bonds is 2. The van der Waals surface area contributed by atoms with Crippen molar-refractivity contribution in [2.45, 2.75) is 53.0 Å². The standard InChI is InChI=1S/C17H26N2/c1-11-6-5-7-13(14(11)18)19-15-16(2,3)12-8-9-17(15,4)10-12/h5-7,12,15,19H,8-10,18H2,1-4H3. The number of aryl methyl sites for hydroxylation is 1. The molecule has 2 aliphatic carbocycles. The van der Waals surface area contributed by atoms with Crippen molar-refractivity contribution in [3.63, 3.8) is 0 Å². The monoisotopic (exact) mass is 258 g/mol. The maximum Gasteiger partial charge on any atom is 0.0579 e. The SMILES string of the molecule is Cc1cccc(NC2C3(C)CCC(C3)C2(C)C)c1N. The highest BCUT2D eigenvalue weighted by Crippen LogP contribution is 2.63. The van der Waals surface area contributed by atoms with E-state index in [2.05, 4.69) is 51.2 Å². The van der Waals surface area contributed by atoms with Gasteiger partial charge in [-0.1, -0.05) is 32.9 Å². The molecule has 0 aliphatic heterocycles. The molecule has 2 aliphatic rings. The zero-order chi connectivity index (χ0) is 13.8. The van der Waals surface area contributed by atoms with Crippen LogP contribution in [0, 0.1) is 23.7 Å². The summed E-state index contributed by atoms with van der Waals surface area (Å²) in [5.41, 5.74) is 10.2. The Balaban J connectivity index is 1.93. The van der Waals surface area contributed by atoms with Crippen molar-refractivity contribution >= 4 is 11.4 Å². The highest BCUT2D eigenvalue weighted by Gasteiger charge is 2.59. The molecular weight excluding hydrogens is 232 g/mol. The predicted octanol–water partition coefficient (Wildman–Crippen LogP) is 4.20. The van der Waals surface area contributed by atoms with Gasteiger partial charge in [0.1, 0.15) is 0 Å². The first-order valence-corrected chi connectivity index (χ1v) is 7.46. The lowest BCUT2D eigenvalue weighted by atomic mass is 9.68. The molecule has 3 unspecified atom stereocenters. The Bertz CT molecular complexity index is 501. The molecule has 1 aromatic carbocycles. The lowest BCUT2D eigenvalue weighted by Crippen LogP contribution is -2.45. The number of fused-ring (bicyclic) bond motifs is 2. The van der Waals surface area contributed by atoms with Gasteiger partial charge in [-0.3, -0.25) is 0 Å². The Hall–Kier alpha value is -1.18. The summed E-state index contributed by atoms with van der Waals surface area (Å²) in [4.78, 5) is 0. The Morgan fingerprint density at radius 1 is 1.26 bits per heavy atom. The van der Waals surface area contributed by atoms with Crippen molar-refractivity contribution in [2.75, 3.05) is 11.1 Å². The average molecular weight is 258 g/mol. The van der Waals surface area contributed by atoms with Crippen molar-refractivity contribution in [1.82, 2.24) is 0 Å².